The Hall–Kier alpha value is -1.30. The Morgan fingerprint density at radius 2 is 2.00 bits per heavy atom. The van der Waals surface area contributed by atoms with Gasteiger partial charge in [0.15, 0.2) is 0 Å². The summed E-state index contributed by atoms with van der Waals surface area (Å²) in [4.78, 5) is 24.7. The molecule has 6 heteroatoms. The summed E-state index contributed by atoms with van der Waals surface area (Å²) in [5.74, 6) is -0.389. The summed E-state index contributed by atoms with van der Waals surface area (Å²) >= 11 is 0. The normalized spacial score (nSPS) is 23.9. The fraction of sp³-hybridized carbons (Fsp3) is 0.857. The molecule has 3 atom stereocenters. The molecule has 0 aromatic heterocycles. The van der Waals surface area contributed by atoms with Gasteiger partial charge in [0.25, 0.3) is 0 Å². The maximum Gasteiger partial charge on any atom is 0.326 e. The Morgan fingerprint density at radius 3 is 2.50 bits per heavy atom. The molecule has 1 aliphatic heterocycles. The average molecular weight is 286 g/mol. The third kappa shape index (κ3) is 4.67. The largest absolute Gasteiger partial charge is 0.480 e. The zero-order valence-corrected chi connectivity index (χ0v) is 12.8. The van der Waals surface area contributed by atoms with E-state index in [-0.39, 0.29) is 18.2 Å². The first kappa shape index (κ1) is 16.8. The number of hydrogen-bond acceptors (Lipinski definition) is 3. The van der Waals surface area contributed by atoms with E-state index in [0.717, 1.165) is 12.8 Å². The highest BCUT2D eigenvalue weighted by atomic mass is 16.5. The van der Waals surface area contributed by atoms with Crippen LogP contribution in [0.25, 0.3) is 0 Å². The first-order chi connectivity index (χ1) is 9.35. The van der Waals surface area contributed by atoms with Crippen LogP contribution in [0.15, 0.2) is 0 Å². The zero-order chi connectivity index (χ0) is 15.3. The lowest BCUT2D eigenvalue weighted by Gasteiger charge is -2.24. The third-order valence-corrected chi connectivity index (χ3v) is 3.69. The van der Waals surface area contributed by atoms with E-state index in [9.17, 15) is 14.7 Å². The topological polar surface area (TPSA) is 78.9 Å². The lowest BCUT2D eigenvalue weighted by atomic mass is 10.0. The molecule has 0 aliphatic carbocycles. The quantitative estimate of drug-likeness (QED) is 0.779. The number of carbonyl (C=O) groups is 2. The number of ether oxygens (including phenoxy) is 1. The highest BCUT2D eigenvalue weighted by Crippen LogP contribution is 2.20. The summed E-state index contributed by atoms with van der Waals surface area (Å²) in [6, 6.07) is -1.06. The van der Waals surface area contributed by atoms with Crippen LogP contribution >= 0.6 is 0 Å². The van der Waals surface area contributed by atoms with Crippen molar-refractivity contribution in [2.24, 2.45) is 5.92 Å². The number of aliphatic carboxylic acids is 1. The predicted molar refractivity (Wildman–Crippen MR) is 75.6 cm³/mol. The zero-order valence-electron chi connectivity index (χ0n) is 12.8. The van der Waals surface area contributed by atoms with Crippen LogP contribution in [0.1, 0.15) is 40.0 Å². The third-order valence-electron chi connectivity index (χ3n) is 3.69. The summed E-state index contributed by atoms with van der Waals surface area (Å²) in [5, 5.41) is 12.1. The standard InChI is InChI=1S/C14H26N2O4/c1-9(2)5-6-10(3)15-14(19)16-8-11(20-4)7-12(16)13(17)18/h9-12H,5-8H2,1-4H3,(H,15,19)(H,17,18). The lowest BCUT2D eigenvalue weighted by Crippen LogP contribution is -2.48. The molecule has 2 N–H and O–H groups in total. The minimum absolute atomic E-state index is 0.0425. The van der Waals surface area contributed by atoms with Crippen molar-refractivity contribution in [1.29, 1.82) is 0 Å². The van der Waals surface area contributed by atoms with Gasteiger partial charge in [-0.15, -0.1) is 0 Å². The van der Waals surface area contributed by atoms with Crippen molar-refractivity contribution in [3.8, 4) is 0 Å². The molecule has 3 unspecified atom stereocenters. The van der Waals surface area contributed by atoms with Crippen LogP contribution in [0.2, 0.25) is 0 Å². The fourth-order valence-electron chi connectivity index (χ4n) is 2.38. The first-order valence-corrected chi connectivity index (χ1v) is 7.17. The van der Waals surface area contributed by atoms with E-state index in [1.54, 1.807) is 0 Å². The van der Waals surface area contributed by atoms with Gasteiger partial charge in [-0.1, -0.05) is 13.8 Å². The molecule has 20 heavy (non-hydrogen) atoms. The summed E-state index contributed by atoms with van der Waals surface area (Å²) < 4.78 is 5.17. The first-order valence-electron chi connectivity index (χ1n) is 7.17. The van der Waals surface area contributed by atoms with Crippen LogP contribution in [-0.4, -0.2) is 53.8 Å². The van der Waals surface area contributed by atoms with Crippen molar-refractivity contribution in [2.75, 3.05) is 13.7 Å². The fourth-order valence-corrected chi connectivity index (χ4v) is 2.38. The Labute approximate surface area is 120 Å². The number of likely N-dealkylation sites (tertiary alicyclic amines) is 1. The smallest absolute Gasteiger partial charge is 0.326 e. The van der Waals surface area contributed by atoms with Gasteiger partial charge < -0.3 is 20.1 Å². The summed E-state index contributed by atoms with van der Waals surface area (Å²) in [7, 11) is 1.54. The monoisotopic (exact) mass is 286 g/mol. The number of carboxylic acids is 1. The second kappa shape index (κ2) is 7.47. The van der Waals surface area contributed by atoms with E-state index in [2.05, 4.69) is 19.2 Å². The Bertz CT molecular complexity index is 346. The molecule has 0 bridgehead atoms. The Balaban J connectivity index is 2.54. The molecule has 1 rings (SSSR count). The van der Waals surface area contributed by atoms with Crippen LogP contribution < -0.4 is 5.32 Å². The van der Waals surface area contributed by atoms with Gasteiger partial charge >= 0.3 is 12.0 Å². The van der Waals surface area contributed by atoms with Crippen molar-refractivity contribution in [1.82, 2.24) is 10.2 Å². The number of nitrogens with zero attached hydrogens (tertiary/aromatic N) is 1. The molecule has 0 aromatic rings. The summed E-state index contributed by atoms with van der Waals surface area (Å²) in [6.07, 6.45) is 2.07. The molecule has 2 amide bonds. The maximum atomic E-state index is 12.2. The molecule has 0 spiro atoms. The van der Waals surface area contributed by atoms with E-state index in [1.807, 2.05) is 6.92 Å². The number of urea groups is 1. The molecular formula is C14H26N2O4. The number of nitrogens with one attached hydrogen (secondary N) is 1. The maximum absolute atomic E-state index is 12.2. The van der Waals surface area contributed by atoms with E-state index in [4.69, 9.17) is 4.74 Å². The second-order valence-corrected chi connectivity index (χ2v) is 5.92. The molecule has 0 saturated carbocycles. The summed E-state index contributed by atoms with van der Waals surface area (Å²) in [5.41, 5.74) is 0. The van der Waals surface area contributed by atoms with E-state index >= 15 is 0 Å². The number of amides is 2. The summed E-state index contributed by atoms with van der Waals surface area (Å²) in [6.45, 7) is 6.55. The van der Waals surface area contributed by atoms with E-state index < -0.39 is 12.0 Å². The number of carbonyl (C=O) groups excluding carboxylic acids is 1. The number of carboxylic acid groups (broad SMARTS) is 1. The Morgan fingerprint density at radius 1 is 1.35 bits per heavy atom. The number of hydrogen-bond donors (Lipinski definition) is 2. The molecule has 1 fully saturated rings. The van der Waals surface area contributed by atoms with Crippen LogP contribution in [-0.2, 0) is 9.53 Å². The molecule has 1 heterocycles. The predicted octanol–water partition coefficient (Wildman–Crippen LogP) is 1.69. The molecular weight excluding hydrogens is 260 g/mol. The van der Waals surface area contributed by atoms with Gasteiger partial charge in [-0.2, -0.15) is 0 Å². The van der Waals surface area contributed by atoms with Crippen LogP contribution in [0.5, 0.6) is 0 Å². The van der Waals surface area contributed by atoms with Gasteiger partial charge in [0, 0.05) is 26.1 Å². The number of methoxy groups -OCH3 is 1. The van der Waals surface area contributed by atoms with Crippen LogP contribution in [0.3, 0.4) is 0 Å². The van der Waals surface area contributed by atoms with Gasteiger partial charge in [0.1, 0.15) is 6.04 Å². The second-order valence-electron chi connectivity index (χ2n) is 5.92. The van der Waals surface area contributed by atoms with Gasteiger partial charge in [-0.25, -0.2) is 9.59 Å². The molecule has 116 valence electrons. The van der Waals surface area contributed by atoms with Crippen LogP contribution in [0.4, 0.5) is 4.79 Å². The van der Waals surface area contributed by atoms with Gasteiger partial charge in [-0.05, 0) is 25.7 Å². The highest BCUT2D eigenvalue weighted by molar-refractivity contribution is 5.83. The van der Waals surface area contributed by atoms with Crippen molar-refractivity contribution in [3.05, 3.63) is 0 Å². The van der Waals surface area contributed by atoms with Gasteiger partial charge in [-0.3, -0.25) is 0 Å². The van der Waals surface area contributed by atoms with E-state index in [0.29, 0.717) is 18.9 Å². The molecule has 0 aromatic carbocycles. The molecule has 0 radical (unpaired) electrons. The molecule has 1 aliphatic rings. The van der Waals surface area contributed by atoms with Crippen molar-refractivity contribution in [2.45, 2.75) is 58.2 Å². The van der Waals surface area contributed by atoms with Gasteiger partial charge in [0.2, 0.25) is 0 Å². The van der Waals surface area contributed by atoms with Crippen molar-refractivity contribution in [3.63, 3.8) is 0 Å². The minimum Gasteiger partial charge on any atom is -0.480 e. The van der Waals surface area contributed by atoms with E-state index in [1.165, 1.54) is 12.0 Å². The number of rotatable bonds is 6. The van der Waals surface area contributed by atoms with Crippen LogP contribution in [0, 0.1) is 5.92 Å². The SMILES string of the molecule is COC1CC(C(=O)O)N(C(=O)NC(C)CCC(C)C)C1. The Kier molecular flexibility index (Phi) is 6.26. The lowest BCUT2D eigenvalue weighted by molar-refractivity contribution is -0.141. The molecule has 6 nitrogen and oxygen atoms in total. The van der Waals surface area contributed by atoms with Crippen molar-refractivity contribution >= 4 is 12.0 Å². The average Bonchev–Trinajstić information content (AvgIpc) is 2.80. The van der Waals surface area contributed by atoms with Crippen molar-refractivity contribution < 1.29 is 19.4 Å². The minimum atomic E-state index is -0.977. The van der Waals surface area contributed by atoms with Gasteiger partial charge in [0.05, 0.1) is 6.10 Å². The molecule has 1 saturated heterocycles. The highest BCUT2D eigenvalue weighted by Gasteiger charge is 2.40.